The first-order valence-electron chi connectivity index (χ1n) is 9.24. The lowest BCUT2D eigenvalue weighted by atomic mass is 10.0. The summed E-state index contributed by atoms with van der Waals surface area (Å²) in [5.41, 5.74) is 5.53. The SMILES string of the molecule is CCn1c2ccccc2c2cc(C=C3Cc4c(O)cccc4C3=O)ccc21. The molecular weight excluding hydrogens is 334 g/mol. The quantitative estimate of drug-likeness (QED) is 0.494. The van der Waals surface area contributed by atoms with Crippen molar-refractivity contribution in [2.45, 2.75) is 19.9 Å². The molecule has 0 bridgehead atoms. The van der Waals surface area contributed by atoms with Crippen LogP contribution in [0.3, 0.4) is 0 Å². The molecule has 0 unspecified atom stereocenters. The van der Waals surface area contributed by atoms with Gasteiger partial charge in [0.25, 0.3) is 0 Å². The molecule has 5 rings (SSSR count). The van der Waals surface area contributed by atoms with Crippen LogP contribution in [0, 0.1) is 0 Å². The molecule has 0 radical (unpaired) electrons. The molecule has 1 aliphatic carbocycles. The molecule has 0 saturated carbocycles. The highest BCUT2D eigenvalue weighted by Crippen LogP contribution is 2.35. The number of carbonyl (C=O) groups excluding carboxylic acids is 1. The summed E-state index contributed by atoms with van der Waals surface area (Å²) in [5, 5.41) is 12.5. The molecule has 0 fully saturated rings. The zero-order valence-electron chi connectivity index (χ0n) is 15.1. The van der Waals surface area contributed by atoms with Crippen molar-refractivity contribution in [1.29, 1.82) is 0 Å². The minimum atomic E-state index is 0.0111. The van der Waals surface area contributed by atoms with Gasteiger partial charge in [0.2, 0.25) is 0 Å². The van der Waals surface area contributed by atoms with Gasteiger partial charge in [-0.3, -0.25) is 4.79 Å². The molecule has 4 aromatic rings. The molecule has 0 aliphatic heterocycles. The largest absolute Gasteiger partial charge is 0.508 e. The van der Waals surface area contributed by atoms with E-state index in [1.807, 2.05) is 6.08 Å². The summed E-state index contributed by atoms with van der Waals surface area (Å²) in [6.07, 6.45) is 2.44. The van der Waals surface area contributed by atoms with E-state index in [0.29, 0.717) is 12.0 Å². The summed E-state index contributed by atoms with van der Waals surface area (Å²) >= 11 is 0. The molecule has 3 aromatic carbocycles. The van der Waals surface area contributed by atoms with E-state index in [4.69, 9.17) is 0 Å². The summed E-state index contributed by atoms with van der Waals surface area (Å²) in [7, 11) is 0. The summed E-state index contributed by atoms with van der Waals surface area (Å²) in [6, 6.07) is 19.9. The van der Waals surface area contributed by atoms with Crippen LogP contribution in [0.5, 0.6) is 5.75 Å². The van der Waals surface area contributed by atoms with Crippen molar-refractivity contribution in [1.82, 2.24) is 4.57 Å². The molecule has 1 aliphatic rings. The second-order valence-electron chi connectivity index (χ2n) is 7.02. The maximum Gasteiger partial charge on any atom is 0.189 e. The standard InChI is InChI=1S/C24H19NO2/c1-2-25-21-8-4-3-6-17(21)19-13-15(10-11-22(19)25)12-16-14-20-18(24(16)27)7-5-9-23(20)26/h3-13,26H,2,14H2,1H3. The third-order valence-corrected chi connectivity index (χ3v) is 5.51. The number of carbonyl (C=O) groups is 1. The van der Waals surface area contributed by atoms with Crippen molar-refractivity contribution in [2.24, 2.45) is 0 Å². The number of phenolic OH excluding ortho intramolecular Hbond substituents is 1. The minimum absolute atomic E-state index is 0.0111. The van der Waals surface area contributed by atoms with Gasteiger partial charge in [-0.15, -0.1) is 0 Å². The molecule has 1 N–H and O–H groups in total. The summed E-state index contributed by atoms with van der Waals surface area (Å²) < 4.78 is 2.32. The van der Waals surface area contributed by atoms with Crippen molar-refractivity contribution < 1.29 is 9.90 Å². The van der Waals surface area contributed by atoms with Crippen molar-refractivity contribution in [3.8, 4) is 5.75 Å². The third kappa shape index (κ3) is 2.32. The van der Waals surface area contributed by atoms with Gasteiger partial charge in [0.15, 0.2) is 5.78 Å². The molecule has 3 nitrogen and oxygen atoms in total. The van der Waals surface area contributed by atoms with Crippen LogP contribution in [0.2, 0.25) is 0 Å². The Kier molecular flexibility index (Phi) is 3.44. The van der Waals surface area contributed by atoms with E-state index in [9.17, 15) is 9.90 Å². The monoisotopic (exact) mass is 353 g/mol. The summed E-state index contributed by atoms with van der Waals surface area (Å²) in [6.45, 7) is 3.07. The number of fused-ring (bicyclic) bond motifs is 4. The van der Waals surface area contributed by atoms with Gasteiger partial charge in [-0.2, -0.15) is 0 Å². The zero-order valence-corrected chi connectivity index (χ0v) is 15.1. The van der Waals surface area contributed by atoms with Gasteiger partial charge in [0, 0.05) is 51.5 Å². The number of hydrogen-bond donors (Lipinski definition) is 1. The fraction of sp³-hybridized carbons (Fsp3) is 0.125. The van der Waals surface area contributed by atoms with Crippen LogP contribution in [-0.4, -0.2) is 15.5 Å². The Morgan fingerprint density at radius 2 is 1.81 bits per heavy atom. The van der Waals surface area contributed by atoms with Gasteiger partial charge in [-0.05, 0) is 42.8 Å². The van der Waals surface area contributed by atoms with Gasteiger partial charge >= 0.3 is 0 Å². The van der Waals surface area contributed by atoms with Crippen LogP contribution in [0.25, 0.3) is 27.9 Å². The number of phenols is 1. The average Bonchev–Trinajstić information content (AvgIpc) is 3.18. The molecule has 0 spiro atoms. The number of ketones is 1. The maximum atomic E-state index is 12.7. The number of allylic oxidation sites excluding steroid dienone is 1. The second kappa shape index (κ2) is 5.85. The van der Waals surface area contributed by atoms with Crippen LogP contribution >= 0.6 is 0 Å². The Morgan fingerprint density at radius 1 is 1.00 bits per heavy atom. The first-order chi connectivity index (χ1) is 13.2. The van der Waals surface area contributed by atoms with E-state index < -0.39 is 0 Å². The van der Waals surface area contributed by atoms with Gasteiger partial charge in [0.05, 0.1) is 0 Å². The first-order valence-corrected chi connectivity index (χ1v) is 9.24. The van der Waals surface area contributed by atoms with Crippen LogP contribution < -0.4 is 0 Å². The van der Waals surface area contributed by atoms with E-state index >= 15 is 0 Å². The highest BCUT2D eigenvalue weighted by atomic mass is 16.3. The highest BCUT2D eigenvalue weighted by molar-refractivity contribution is 6.16. The number of aromatic hydroxyl groups is 1. The third-order valence-electron chi connectivity index (χ3n) is 5.51. The summed E-state index contributed by atoms with van der Waals surface area (Å²) in [5.74, 6) is 0.211. The molecule has 1 heterocycles. The number of hydrogen-bond acceptors (Lipinski definition) is 2. The van der Waals surface area contributed by atoms with E-state index in [-0.39, 0.29) is 11.5 Å². The maximum absolute atomic E-state index is 12.7. The van der Waals surface area contributed by atoms with Gasteiger partial charge in [-0.1, -0.05) is 36.4 Å². The molecule has 132 valence electrons. The van der Waals surface area contributed by atoms with E-state index in [1.165, 1.54) is 21.8 Å². The number of Topliss-reactive ketones (excluding diaryl/α,β-unsaturated/α-hetero) is 1. The van der Waals surface area contributed by atoms with Crippen molar-refractivity contribution in [3.63, 3.8) is 0 Å². The van der Waals surface area contributed by atoms with Gasteiger partial charge in [0.1, 0.15) is 5.75 Å². The molecule has 1 aromatic heterocycles. The predicted octanol–water partition coefficient (Wildman–Crippen LogP) is 5.34. The van der Waals surface area contributed by atoms with Crippen molar-refractivity contribution in [2.75, 3.05) is 0 Å². The second-order valence-corrected chi connectivity index (χ2v) is 7.02. The van der Waals surface area contributed by atoms with Crippen LogP contribution in [0.15, 0.2) is 66.2 Å². The molecule has 0 saturated heterocycles. The van der Waals surface area contributed by atoms with Crippen molar-refractivity contribution in [3.05, 3.63) is 82.9 Å². The average molecular weight is 353 g/mol. The Morgan fingerprint density at radius 3 is 2.63 bits per heavy atom. The number of rotatable bonds is 2. The number of aromatic nitrogens is 1. The zero-order chi connectivity index (χ0) is 18.5. The van der Waals surface area contributed by atoms with Crippen LogP contribution in [-0.2, 0) is 13.0 Å². The number of aryl methyl sites for hydroxylation is 1. The normalized spacial score (nSPS) is 15.1. The van der Waals surface area contributed by atoms with E-state index in [0.717, 1.165) is 23.2 Å². The van der Waals surface area contributed by atoms with E-state index in [1.54, 1.807) is 18.2 Å². The molecule has 0 atom stereocenters. The predicted molar refractivity (Wildman–Crippen MR) is 109 cm³/mol. The molecule has 0 amide bonds. The minimum Gasteiger partial charge on any atom is -0.508 e. The van der Waals surface area contributed by atoms with Gasteiger partial charge in [-0.25, -0.2) is 0 Å². The fourth-order valence-corrected chi connectivity index (χ4v) is 4.24. The van der Waals surface area contributed by atoms with Gasteiger partial charge < -0.3 is 9.67 Å². The topological polar surface area (TPSA) is 42.2 Å². The summed E-state index contributed by atoms with van der Waals surface area (Å²) in [4.78, 5) is 12.7. The molecular formula is C24H19NO2. The fourth-order valence-electron chi connectivity index (χ4n) is 4.24. The lowest BCUT2D eigenvalue weighted by molar-refractivity contribution is 0.104. The smallest absolute Gasteiger partial charge is 0.189 e. The Bertz CT molecular complexity index is 1260. The Labute approximate surface area is 157 Å². The first kappa shape index (κ1) is 15.9. The molecule has 27 heavy (non-hydrogen) atoms. The van der Waals surface area contributed by atoms with Crippen LogP contribution in [0.1, 0.15) is 28.4 Å². The lowest BCUT2D eigenvalue weighted by Crippen LogP contribution is -1.95. The number of para-hydroxylation sites is 1. The molecule has 3 heteroatoms. The lowest BCUT2D eigenvalue weighted by Gasteiger charge is -2.03. The Hall–Kier alpha value is -3.33. The van der Waals surface area contributed by atoms with Crippen LogP contribution in [0.4, 0.5) is 0 Å². The van der Waals surface area contributed by atoms with Crippen molar-refractivity contribution >= 4 is 33.7 Å². The highest BCUT2D eigenvalue weighted by Gasteiger charge is 2.26. The number of benzene rings is 3. The van der Waals surface area contributed by atoms with E-state index in [2.05, 4.69) is 54.0 Å². The number of nitrogens with zero attached hydrogens (tertiary/aromatic N) is 1. The Balaban J connectivity index is 1.65.